The molecule has 1 aromatic heterocycles. The van der Waals surface area contributed by atoms with Crippen molar-refractivity contribution < 1.29 is 4.39 Å². The molecule has 0 saturated carbocycles. The molecule has 0 spiro atoms. The largest absolute Gasteiger partial charge is 0.368 e. The van der Waals surface area contributed by atoms with Crippen LogP contribution in [0.15, 0.2) is 42.7 Å². The third-order valence-electron chi connectivity index (χ3n) is 3.92. The van der Waals surface area contributed by atoms with Gasteiger partial charge in [0.1, 0.15) is 5.82 Å². The van der Waals surface area contributed by atoms with Gasteiger partial charge in [0.15, 0.2) is 0 Å². The number of piperazine rings is 1. The first-order valence-corrected chi connectivity index (χ1v) is 7.16. The topological polar surface area (TPSA) is 45.4 Å². The van der Waals surface area contributed by atoms with Gasteiger partial charge < -0.3 is 15.5 Å². The van der Waals surface area contributed by atoms with Crippen LogP contribution < -0.4 is 15.5 Å². The standard InChI is InChI=1S/C16H19FN4/c17-14-1-3-15(4-2-14)20-7-9-21(10-8-20)16-12-19-6-5-13(16)11-18/h1-6,12H,7-11,18H2. The summed E-state index contributed by atoms with van der Waals surface area (Å²) in [6.07, 6.45) is 3.66. The number of benzene rings is 1. The lowest BCUT2D eigenvalue weighted by atomic mass is 10.1. The number of halogens is 1. The lowest BCUT2D eigenvalue weighted by Crippen LogP contribution is -2.47. The van der Waals surface area contributed by atoms with Crippen molar-refractivity contribution in [2.75, 3.05) is 36.0 Å². The van der Waals surface area contributed by atoms with Crippen LogP contribution in [0.25, 0.3) is 0 Å². The molecule has 1 aliphatic heterocycles. The summed E-state index contributed by atoms with van der Waals surface area (Å²) < 4.78 is 13.0. The van der Waals surface area contributed by atoms with Crippen LogP contribution in [0.3, 0.4) is 0 Å². The fraction of sp³-hybridized carbons (Fsp3) is 0.312. The number of anilines is 2. The second kappa shape index (κ2) is 6.10. The van der Waals surface area contributed by atoms with Crippen molar-refractivity contribution >= 4 is 11.4 Å². The van der Waals surface area contributed by atoms with Crippen molar-refractivity contribution in [1.29, 1.82) is 0 Å². The van der Waals surface area contributed by atoms with Crippen molar-refractivity contribution in [3.05, 3.63) is 54.1 Å². The van der Waals surface area contributed by atoms with Gasteiger partial charge in [0, 0.05) is 44.6 Å². The molecule has 1 aliphatic rings. The second-order valence-electron chi connectivity index (χ2n) is 5.16. The molecular formula is C16H19FN4. The van der Waals surface area contributed by atoms with E-state index in [-0.39, 0.29) is 5.82 Å². The van der Waals surface area contributed by atoms with Gasteiger partial charge in [0.25, 0.3) is 0 Å². The molecule has 2 heterocycles. The maximum atomic E-state index is 13.0. The Balaban J connectivity index is 1.69. The molecule has 5 heteroatoms. The van der Waals surface area contributed by atoms with Gasteiger partial charge in [0.05, 0.1) is 11.9 Å². The van der Waals surface area contributed by atoms with Crippen molar-refractivity contribution in [1.82, 2.24) is 4.98 Å². The van der Waals surface area contributed by atoms with Gasteiger partial charge in [-0.15, -0.1) is 0 Å². The van der Waals surface area contributed by atoms with E-state index in [1.54, 1.807) is 6.20 Å². The van der Waals surface area contributed by atoms with Crippen molar-refractivity contribution in [2.45, 2.75) is 6.54 Å². The minimum absolute atomic E-state index is 0.194. The van der Waals surface area contributed by atoms with Gasteiger partial charge in [-0.05, 0) is 35.9 Å². The lowest BCUT2D eigenvalue weighted by Gasteiger charge is -2.38. The van der Waals surface area contributed by atoms with Crippen LogP contribution in [0.5, 0.6) is 0 Å². The minimum Gasteiger partial charge on any atom is -0.368 e. The molecule has 0 radical (unpaired) electrons. The lowest BCUT2D eigenvalue weighted by molar-refractivity contribution is 0.624. The van der Waals surface area contributed by atoms with Crippen LogP contribution in [0.2, 0.25) is 0 Å². The quantitative estimate of drug-likeness (QED) is 0.937. The molecule has 0 unspecified atom stereocenters. The Bertz CT molecular complexity index is 591. The minimum atomic E-state index is -0.194. The molecule has 1 saturated heterocycles. The third kappa shape index (κ3) is 2.97. The molecule has 1 fully saturated rings. The zero-order valence-corrected chi connectivity index (χ0v) is 11.9. The Labute approximate surface area is 124 Å². The number of nitrogens with zero attached hydrogens (tertiary/aromatic N) is 3. The van der Waals surface area contributed by atoms with Crippen LogP contribution in [0, 0.1) is 5.82 Å². The molecule has 2 N–H and O–H groups in total. The number of hydrogen-bond acceptors (Lipinski definition) is 4. The Morgan fingerprint density at radius 2 is 1.67 bits per heavy atom. The Kier molecular flexibility index (Phi) is 4.01. The number of nitrogens with two attached hydrogens (primary N) is 1. The SMILES string of the molecule is NCc1ccncc1N1CCN(c2ccc(F)cc2)CC1. The van der Waals surface area contributed by atoms with Gasteiger partial charge in [-0.25, -0.2) is 4.39 Å². The highest BCUT2D eigenvalue weighted by molar-refractivity contribution is 5.54. The normalized spacial score (nSPS) is 15.3. The molecule has 4 nitrogen and oxygen atoms in total. The summed E-state index contributed by atoms with van der Waals surface area (Å²) in [7, 11) is 0. The summed E-state index contributed by atoms with van der Waals surface area (Å²) >= 11 is 0. The Morgan fingerprint density at radius 3 is 2.33 bits per heavy atom. The molecule has 1 aromatic carbocycles. The molecule has 3 rings (SSSR count). The van der Waals surface area contributed by atoms with Crippen LogP contribution in [-0.4, -0.2) is 31.2 Å². The second-order valence-corrected chi connectivity index (χ2v) is 5.16. The number of pyridine rings is 1. The van der Waals surface area contributed by atoms with E-state index in [1.165, 1.54) is 12.1 Å². The molecular weight excluding hydrogens is 267 g/mol. The van der Waals surface area contributed by atoms with Crippen molar-refractivity contribution in [2.24, 2.45) is 5.73 Å². The first-order chi connectivity index (χ1) is 10.3. The van der Waals surface area contributed by atoms with E-state index >= 15 is 0 Å². The highest BCUT2D eigenvalue weighted by Crippen LogP contribution is 2.23. The molecule has 2 aromatic rings. The molecule has 21 heavy (non-hydrogen) atoms. The van der Waals surface area contributed by atoms with E-state index in [1.807, 2.05) is 24.4 Å². The van der Waals surface area contributed by atoms with Gasteiger partial charge >= 0.3 is 0 Å². The maximum Gasteiger partial charge on any atom is 0.123 e. The highest BCUT2D eigenvalue weighted by atomic mass is 19.1. The van der Waals surface area contributed by atoms with Crippen LogP contribution in [0.4, 0.5) is 15.8 Å². The van der Waals surface area contributed by atoms with E-state index in [4.69, 9.17) is 5.73 Å². The maximum absolute atomic E-state index is 13.0. The number of rotatable bonds is 3. The van der Waals surface area contributed by atoms with E-state index in [0.717, 1.165) is 43.1 Å². The van der Waals surface area contributed by atoms with Gasteiger partial charge in [-0.1, -0.05) is 0 Å². The monoisotopic (exact) mass is 286 g/mol. The summed E-state index contributed by atoms with van der Waals surface area (Å²) in [6, 6.07) is 8.66. The van der Waals surface area contributed by atoms with Crippen LogP contribution in [-0.2, 0) is 6.54 Å². The number of aromatic nitrogens is 1. The van der Waals surface area contributed by atoms with Gasteiger partial charge in [-0.2, -0.15) is 0 Å². The van der Waals surface area contributed by atoms with E-state index in [0.29, 0.717) is 6.54 Å². The predicted octanol–water partition coefficient (Wildman–Crippen LogP) is 2.01. The Hall–Kier alpha value is -2.14. The number of hydrogen-bond donors (Lipinski definition) is 1. The Morgan fingerprint density at radius 1 is 1.00 bits per heavy atom. The summed E-state index contributed by atoms with van der Waals surface area (Å²) in [5.74, 6) is -0.194. The molecule has 110 valence electrons. The zero-order chi connectivity index (χ0) is 14.7. The molecule has 0 bridgehead atoms. The van der Waals surface area contributed by atoms with E-state index < -0.39 is 0 Å². The summed E-state index contributed by atoms with van der Waals surface area (Å²) in [5.41, 5.74) is 9.11. The first kappa shape index (κ1) is 13.8. The zero-order valence-electron chi connectivity index (χ0n) is 11.9. The van der Waals surface area contributed by atoms with Gasteiger partial charge in [-0.3, -0.25) is 4.98 Å². The fourth-order valence-corrected chi connectivity index (χ4v) is 2.73. The summed E-state index contributed by atoms with van der Waals surface area (Å²) in [5, 5.41) is 0. The molecule has 0 atom stereocenters. The average molecular weight is 286 g/mol. The van der Waals surface area contributed by atoms with Gasteiger partial charge in [0.2, 0.25) is 0 Å². The summed E-state index contributed by atoms with van der Waals surface area (Å²) in [4.78, 5) is 8.79. The first-order valence-electron chi connectivity index (χ1n) is 7.16. The van der Waals surface area contributed by atoms with Crippen molar-refractivity contribution in [3.8, 4) is 0 Å². The molecule has 0 amide bonds. The average Bonchev–Trinajstić information content (AvgIpc) is 2.56. The van der Waals surface area contributed by atoms with Crippen molar-refractivity contribution in [3.63, 3.8) is 0 Å². The van der Waals surface area contributed by atoms with E-state index in [9.17, 15) is 4.39 Å². The highest BCUT2D eigenvalue weighted by Gasteiger charge is 2.19. The fourth-order valence-electron chi connectivity index (χ4n) is 2.73. The third-order valence-corrected chi connectivity index (χ3v) is 3.92. The van der Waals surface area contributed by atoms with E-state index in [2.05, 4.69) is 14.8 Å². The predicted molar refractivity (Wildman–Crippen MR) is 83.0 cm³/mol. The summed E-state index contributed by atoms with van der Waals surface area (Å²) in [6.45, 7) is 4.16. The molecule has 0 aliphatic carbocycles. The van der Waals surface area contributed by atoms with Crippen LogP contribution >= 0.6 is 0 Å². The smallest absolute Gasteiger partial charge is 0.123 e. The van der Waals surface area contributed by atoms with Crippen LogP contribution in [0.1, 0.15) is 5.56 Å².